The lowest BCUT2D eigenvalue weighted by Gasteiger charge is -2.35. The predicted molar refractivity (Wildman–Crippen MR) is 431 cm³/mol. The molecule has 0 unspecified atom stereocenters. The lowest BCUT2D eigenvalue weighted by molar-refractivity contribution is 0.0137. The number of nitrogens with zero attached hydrogens (tertiary/aromatic N) is 10. The van der Waals surface area contributed by atoms with Crippen molar-refractivity contribution in [1.82, 2.24) is 61.3 Å². The van der Waals surface area contributed by atoms with E-state index in [9.17, 15) is 28.8 Å². The molecule has 8 heterocycles. The lowest BCUT2D eigenvalue weighted by Crippen LogP contribution is -2.51. The summed E-state index contributed by atoms with van der Waals surface area (Å²) in [6.07, 6.45) is 2.12. The molecule has 109 heavy (non-hydrogen) atoms. The van der Waals surface area contributed by atoms with E-state index in [0.717, 1.165) is 182 Å². The van der Waals surface area contributed by atoms with Crippen molar-refractivity contribution in [2.45, 2.75) is 78.4 Å². The molecule has 6 amide bonds. The molecule has 4 saturated heterocycles. The van der Waals surface area contributed by atoms with Crippen LogP contribution in [-0.2, 0) is 35.2 Å². The Kier molecular flexibility index (Phi) is 26.9. The van der Waals surface area contributed by atoms with Crippen LogP contribution in [0, 0.1) is 0 Å². The number of hydrogen-bond acceptors (Lipinski definition) is 18. The molecule has 0 atom stereocenters. The van der Waals surface area contributed by atoms with E-state index < -0.39 is 11.2 Å². The normalized spacial score (nSPS) is 17.1. The van der Waals surface area contributed by atoms with E-state index in [4.69, 9.17) is 52.6 Å². The minimum atomic E-state index is -0.513. The van der Waals surface area contributed by atoms with Crippen molar-refractivity contribution < 1.29 is 38.2 Å². The third kappa shape index (κ3) is 22.1. The van der Waals surface area contributed by atoms with Crippen LogP contribution in [0.3, 0.4) is 0 Å². The molecule has 0 spiro atoms. The summed E-state index contributed by atoms with van der Waals surface area (Å²) in [6, 6.07) is 39.7. The summed E-state index contributed by atoms with van der Waals surface area (Å²) in [5.41, 5.74) is 17.5. The predicted octanol–water partition coefficient (Wildman–Crippen LogP) is 9.34. The highest BCUT2D eigenvalue weighted by molar-refractivity contribution is 6.40. The number of aliphatic imine (C=N–C) groups is 4. The highest BCUT2D eigenvalue weighted by atomic mass is 35.5. The van der Waals surface area contributed by atoms with Crippen molar-refractivity contribution in [3.8, 4) is 0 Å². The quantitative estimate of drug-likeness (QED) is 0.0389. The zero-order valence-corrected chi connectivity index (χ0v) is 65.1. The molecule has 0 radical (unpaired) electrons. The molecule has 24 nitrogen and oxygen atoms in total. The Bertz CT molecular complexity index is 4110. The summed E-state index contributed by atoms with van der Waals surface area (Å²) in [4.78, 5) is 109. The molecule has 0 bridgehead atoms. The first-order chi connectivity index (χ1) is 52.6. The van der Waals surface area contributed by atoms with Gasteiger partial charge in [-0.2, -0.15) is 0 Å². The molecule has 14 rings (SSSR count). The van der Waals surface area contributed by atoms with E-state index in [1.807, 2.05) is 114 Å². The summed E-state index contributed by atoms with van der Waals surface area (Å²) in [5.74, 6) is -0.296. The van der Waals surface area contributed by atoms with Crippen LogP contribution in [-0.4, -0.2) is 262 Å². The third-order valence-electron chi connectivity index (χ3n) is 20.2. The number of rotatable bonds is 20. The maximum absolute atomic E-state index is 13.1. The summed E-state index contributed by atoms with van der Waals surface area (Å²) in [7, 11) is 0. The van der Waals surface area contributed by atoms with Crippen LogP contribution in [0.25, 0.3) is 0 Å². The Balaban J connectivity index is 0.000000202. The SMILES string of the molecule is CC(C)(C)OC(=O)N1CCN(CCNC(=O)c2ccc3c(c2)CC(c2ccc(C4=Nc5ccc(C(=O)NCCN6CCN(C(=O)OC(C)(C)C)CC6)cc5C4)cc2)=N3)CC1.ClCCl.O=C(NCCN1CCNCC1)c1ccc2c(c1)CC(c1ccc(C3=Nc4ccc(C(=O)NCCN5CCNCC5)cc4C3)cc1)=N2. The number of fused-ring (bicyclic) bond motifs is 4. The molecule has 0 saturated carbocycles. The van der Waals surface area contributed by atoms with Gasteiger partial charge in [0.15, 0.2) is 0 Å². The van der Waals surface area contributed by atoms with Crippen molar-refractivity contribution in [1.29, 1.82) is 0 Å². The van der Waals surface area contributed by atoms with Crippen LogP contribution in [0.1, 0.15) is 127 Å². The van der Waals surface area contributed by atoms with Gasteiger partial charge in [-0.05, 0) is 159 Å². The number of ether oxygens (including phenoxy) is 2. The smallest absolute Gasteiger partial charge is 0.410 e. The average Bonchev–Trinajstić information content (AvgIpc) is 1.66. The zero-order chi connectivity index (χ0) is 76.6. The lowest BCUT2D eigenvalue weighted by atomic mass is 9.98. The van der Waals surface area contributed by atoms with Gasteiger partial charge in [-0.3, -0.25) is 58.7 Å². The van der Waals surface area contributed by atoms with Crippen LogP contribution >= 0.6 is 23.2 Å². The van der Waals surface area contributed by atoms with E-state index in [1.54, 1.807) is 9.80 Å². The molecule has 6 N–H and O–H groups in total. The van der Waals surface area contributed by atoms with Crippen molar-refractivity contribution in [2.75, 3.05) is 162 Å². The van der Waals surface area contributed by atoms with E-state index >= 15 is 0 Å². The first-order valence-electron chi connectivity index (χ1n) is 38.1. The third-order valence-corrected chi connectivity index (χ3v) is 20.2. The van der Waals surface area contributed by atoms with Gasteiger partial charge >= 0.3 is 12.2 Å². The van der Waals surface area contributed by atoms with Gasteiger partial charge in [0.2, 0.25) is 0 Å². The average molecular weight is 1520 g/mol. The second-order valence-corrected chi connectivity index (χ2v) is 31.2. The minimum absolute atomic E-state index is 0.0346. The summed E-state index contributed by atoms with van der Waals surface area (Å²) < 4.78 is 11.0. The molecule has 0 aliphatic carbocycles. The highest BCUT2D eigenvalue weighted by Crippen LogP contribution is 2.35. The first kappa shape index (κ1) is 79.3. The Labute approximate surface area is 649 Å². The molecule has 576 valence electrons. The number of carbonyl (C=O) groups is 6. The number of carbonyl (C=O) groups excluding carboxylic acids is 6. The topological polar surface area (TPSA) is 262 Å². The molecule has 6 aromatic carbocycles. The van der Waals surface area contributed by atoms with Crippen molar-refractivity contribution in [3.05, 3.63) is 188 Å². The maximum atomic E-state index is 13.1. The molecule has 4 fully saturated rings. The number of halogens is 2. The summed E-state index contributed by atoms with van der Waals surface area (Å²) in [5, 5.41) is 19.2. The van der Waals surface area contributed by atoms with Gasteiger partial charge in [0.05, 0.1) is 50.9 Å². The van der Waals surface area contributed by atoms with Crippen molar-refractivity contribution >= 4 is 105 Å². The van der Waals surface area contributed by atoms with Gasteiger partial charge in [-0.25, -0.2) is 9.59 Å². The van der Waals surface area contributed by atoms with Crippen molar-refractivity contribution in [3.63, 3.8) is 0 Å². The van der Waals surface area contributed by atoms with Gasteiger partial charge in [0.1, 0.15) is 11.2 Å². The van der Waals surface area contributed by atoms with E-state index in [1.165, 1.54) is 0 Å². The second kappa shape index (κ2) is 37.0. The Morgan fingerprint density at radius 3 is 0.817 bits per heavy atom. The van der Waals surface area contributed by atoms with Crippen LogP contribution in [0.2, 0.25) is 0 Å². The van der Waals surface area contributed by atoms with Crippen LogP contribution in [0.15, 0.2) is 141 Å². The maximum Gasteiger partial charge on any atom is 0.410 e. The zero-order valence-electron chi connectivity index (χ0n) is 63.5. The molecular formula is C83H102Cl2N16O8. The van der Waals surface area contributed by atoms with Gasteiger partial charge < -0.3 is 51.2 Å². The van der Waals surface area contributed by atoms with E-state index in [0.29, 0.717) is 113 Å². The molecule has 8 aliphatic rings. The summed E-state index contributed by atoms with van der Waals surface area (Å²) in [6.45, 7) is 30.2. The Morgan fingerprint density at radius 1 is 0.358 bits per heavy atom. The number of amides is 6. The fourth-order valence-electron chi connectivity index (χ4n) is 14.3. The van der Waals surface area contributed by atoms with E-state index in [2.05, 4.69) is 100 Å². The largest absolute Gasteiger partial charge is 0.444 e. The number of benzene rings is 6. The Morgan fingerprint density at radius 2 is 0.587 bits per heavy atom. The standard InChI is InChI=1S/C46H58N8O6.C36H42N8O2.CH2Cl2/c1-45(2,3)59-43(57)53-23-19-51(20-24-53)17-15-47-41(55)33-11-13-37-35(27-33)29-39(49-37)31-7-9-32(10-8-31)40-30-36-28-34(12-14-38(36)50-40)42(56)48-16-18-52-21-25-54(26-22-52)44(58)60-46(4,5)6;45-35(39-13-19-43-15-9-37-10-16-43)27-5-7-31-29(21-27)23-33(41-31)25-1-2-26(4-3-25)34-24-30-22-28(6-8-32(30)42-34)36(46)40-14-20-44-17-11-38-12-18-44;2-1-3/h7-14,27-28H,15-26,29-30H2,1-6H3,(H,47,55)(H,48,56);1-8,21-22,37-38H,9-20,23-24H2,(H,39,45)(H,40,46);1H2. The number of hydrogen-bond donors (Lipinski definition) is 6. The number of alkyl halides is 2. The van der Waals surface area contributed by atoms with Crippen LogP contribution < -0.4 is 31.9 Å². The number of piperazine rings is 4. The molecular weight excluding hydrogens is 1420 g/mol. The minimum Gasteiger partial charge on any atom is -0.444 e. The number of nitrogens with one attached hydrogen (secondary N) is 6. The van der Waals surface area contributed by atoms with Crippen LogP contribution in [0.4, 0.5) is 32.3 Å². The fraction of sp³-hybridized carbons (Fsp3) is 0.446. The molecule has 6 aromatic rings. The van der Waals surface area contributed by atoms with Crippen molar-refractivity contribution in [2.24, 2.45) is 20.0 Å². The monoisotopic (exact) mass is 1520 g/mol. The highest BCUT2D eigenvalue weighted by Gasteiger charge is 2.30. The fourth-order valence-corrected chi connectivity index (χ4v) is 14.3. The van der Waals surface area contributed by atoms with Crippen LogP contribution in [0.5, 0.6) is 0 Å². The van der Waals surface area contributed by atoms with Gasteiger partial charge in [-0.1, -0.05) is 48.5 Å². The second-order valence-electron chi connectivity index (χ2n) is 30.4. The van der Waals surface area contributed by atoms with Gasteiger partial charge in [0, 0.05) is 205 Å². The van der Waals surface area contributed by atoms with E-state index in [-0.39, 0.29) is 41.2 Å². The summed E-state index contributed by atoms with van der Waals surface area (Å²) >= 11 is 9.53. The first-order valence-corrected chi connectivity index (χ1v) is 39.2. The Hall–Kier alpha value is -9.24. The molecule has 26 heteroatoms. The van der Waals surface area contributed by atoms with Gasteiger partial charge in [-0.15, -0.1) is 23.2 Å². The molecule has 8 aliphatic heterocycles. The van der Waals surface area contributed by atoms with Gasteiger partial charge in [0.25, 0.3) is 23.6 Å². The molecule has 0 aromatic heterocycles.